The zero-order valence-electron chi connectivity index (χ0n) is 20.0. The third-order valence-corrected chi connectivity index (χ3v) is 5.50. The summed E-state index contributed by atoms with van der Waals surface area (Å²) in [5.74, 6) is 0. The Hall–Kier alpha value is -3.48. The first-order valence-electron chi connectivity index (χ1n) is 10.9. The van der Waals surface area contributed by atoms with Crippen LogP contribution < -0.4 is 9.80 Å². The summed E-state index contributed by atoms with van der Waals surface area (Å²) in [5.41, 5.74) is 3.97. The molecule has 0 N–H and O–H groups in total. The summed E-state index contributed by atoms with van der Waals surface area (Å²) in [6.45, 7) is 0. The molecule has 0 aliphatic rings. The van der Waals surface area contributed by atoms with E-state index in [1.165, 1.54) is 0 Å². The maximum atomic E-state index is 5.79. The molecular formula is C28H30N4S2. The van der Waals surface area contributed by atoms with Crippen LogP contribution in [-0.2, 0) is 0 Å². The Morgan fingerprint density at radius 2 is 0.794 bits per heavy atom. The molecule has 0 atom stereocenters. The SMILES string of the molecule is CN(C)C=CC(=S)N(c1ccccc1)c1ccc(N(C(=S)C=CN(C)C)c2ccccc2)cc1. The van der Waals surface area contributed by atoms with E-state index < -0.39 is 0 Å². The van der Waals surface area contributed by atoms with Crippen LogP contribution in [0, 0.1) is 0 Å². The van der Waals surface area contributed by atoms with E-state index in [4.69, 9.17) is 24.4 Å². The number of hydrogen-bond acceptors (Lipinski definition) is 4. The van der Waals surface area contributed by atoms with Crippen molar-refractivity contribution in [3.05, 3.63) is 109 Å². The van der Waals surface area contributed by atoms with Gasteiger partial charge in [-0.3, -0.25) is 0 Å². The van der Waals surface area contributed by atoms with Gasteiger partial charge in [-0.15, -0.1) is 0 Å². The second-order valence-electron chi connectivity index (χ2n) is 8.09. The van der Waals surface area contributed by atoms with Crippen LogP contribution in [0.2, 0.25) is 0 Å². The van der Waals surface area contributed by atoms with Crippen LogP contribution in [0.3, 0.4) is 0 Å². The third-order valence-electron chi connectivity index (χ3n) is 4.87. The Labute approximate surface area is 214 Å². The topological polar surface area (TPSA) is 13.0 Å². The lowest BCUT2D eigenvalue weighted by Crippen LogP contribution is -2.24. The van der Waals surface area contributed by atoms with Gasteiger partial charge in [-0.2, -0.15) is 0 Å². The highest BCUT2D eigenvalue weighted by atomic mass is 32.1. The Balaban J connectivity index is 2.00. The number of rotatable bonds is 8. The largest absolute Gasteiger partial charge is 0.383 e. The van der Waals surface area contributed by atoms with Crippen molar-refractivity contribution < 1.29 is 0 Å². The van der Waals surface area contributed by atoms with E-state index >= 15 is 0 Å². The standard InChI is InChI=1S/C28H30N4S2/c1-29(2)21-19-27(33)31(23-11-7-5-8-12-23)25-15-17-26(18-16-25)32(24-13-9-6-10-14-24)28(34)20-22-30(3)4/h5-22H,1-4H3. The minimum Gasteiger partial charge on any atom is -0.383 e. The van der Waals surface area contributed by atoms with E-state index in [9.17, 15) is 0 Å². The quantitative estimate of drug-likeness (QED) is 0.256. The monoisotopic (exact) mass is 486 g/mol. The molecule has 3 rings (SSSR count). The number of nitrogens with zero attached hydrogens (tertiary/aromatic N) is 4. The fraction of sp³-hybridized carbons (Fsp3) is 0.143. The highest BCUT2D eigenvalue weighted by Gasteiger charge is 2.16. The molecule has 4 nitrogen and oxygen atoms in total. The van der Waals surface area contributed by atoms with E-state index in [-0.39, 0.29) is 0 Å². The summed E-state index contributed by atoms with van der Waals surface area (Å²) in [5, 5.41) is 0. The fourth-order valence-corrected chi connectivity index (χ4v) is 3.83. The molecule has 6 heteroatoms. The van der Waals surface area contributed by atoms with Gasteiger partial charge in [0.1, 0.15) is 9.98 Å². The van der Waals surface area contributed by atoms with Gasteiger partial charge in [-0.1, -0.05) is 60.8 Å². The van der Waals surface area contributed by atoms with Crippen molar-refractivity contribution in [2.75, 3.05) is 38.0 Å². The van der Waals surface area contributed by atoms with Crippen LogP contribution in [0.15, 0.2) is 109 Å². The van der Waals surface area contributed by atoms with E-state index in [1.54, 1.807) is 0 Å². The van der Waals surface area contributed by atoms with Crippen molar-refractivity contribution in [2.24, 2.45) is 0 Å². The molecule has 3 aromatic rings. The van der Waals surface area contributed by atoms with Gasteiger partial charge < -0.3 is 19.6 Å². The first kappa shape index (κ1) is 25.1. The average Bonchev–Trinajstić information content (AvgIpc) is 2.84. The highest BCUT2D eigenvalue weighted by molar-refractivity contribution is 7.81. The van der Waals surface area contributed by atoms with Crippen molar-refractivity contribution in [1.82, 2.24) is 9.80 Å². The minimum atomic E-state index is 0.706. The average molecular weight is 487 g/mol. The van der Waals surface area contributed by atoms with Gasteiger partial charge in [0, 0.05) is 63.3 Å². The first-order chi connectivity index (χ1) is 16.4. The highest BCUT2D eigenvalue weighted by Crippen LogP contribution is 2.31. The van der Waals surface area contributed by atoms with Crippen LogP contribution >= 0.6 is 24.4 Å². The second kappa shape index (κ2) is 12.1. The molecule has 0 spiro atoms. The minimum absolute atomic E-state index is 0.706. The van der Waals surface area contributed by atoms with Gasteiger partial charge in [0.25, 0.3) is 0 Å². The van der Waals surface area contributed by atoms with Crippen LogP contribution in [0.25, 0.3) is 0 Å². The molecular weight excluding hydrogens is 456 g/mol. The summed E-state index contributed by atoms with van der Waals surface area (Å²) in [6, 6.07) is 28.6. The Bertz CT molecular complexity index is 1050. The summed E-state index contributed by atoms with van der Waals surface area (Å²) < 4.78 is 0. The van der Waals surface area contributed by atoms with Crippen LogP contribution in [-0.4, -0.2) is 48.0 Å². The lowest BCUT2D eigenvalue weighted by atomic mass is 10.2. The summed E-state index contributed by atoms with van der Waals surface area (Å²) >= 11 is 11.6. The summed E-state index contributed by atoms with van der Waals surface area (Å²) in [4.78, 5) is 9.48. The van der Waals surface area contributed by atoms with Gasteiger partial charge in [0.2, 0.25) is 0 Å². The molecule has 0 aromatic heterocycles. The van der Waals surface area contributed by atoms with Crippen molar-refractivity contribution in [3.63, 3.8) is 0 Å². The van der Waals surface area contributed by atoms with Gasteiger partial charge in [0.05, 0.1) is 0 Å². The van der Waals surface area contributed by atoms with Crippen molar-refractivity contribution in [2.45, 2.75) is 0 Å². The molecule has 0 fully saturated rings. The Morgan fingerprint density at radius 1 is 0.500 bits per heavy atom. The molecule has 0 amide bonds. The van der Waals surface area contributed by atoms with Crippen LogP contribution in [0.4, 0.5) is 22.7 Å². The molecule has 3 aromatic carbocycles. The van der Waals surface area contributed by atoms with Crippen molar-refractivity contribution in [1.29, 1.82) is 0 Å². The van der Waals surface area contributed by atoms with Crippen LogP contribution in [0.5, 0.6) is 0 Å². The molecule has 34 heavy (non-hydrogen) atoms. The van der Waals surface area contributed by atoms with Crippen molar-refractivity contribution in [3.8, 4) is 0 Å². The molecule has 0 saturated heterocycles. The molecule has 0 aliphatic carbocycles. The molecule has 0 heterocycles. The first-order valence-corrected chi connectivity index (χ1v) is 11.8. The number of para-hydroxylation sites is 2. The number of thiocarbonyl (C=S) groups is 2. The number of hydrogen-bond donors (Lipinski definition) is 0. The van der Waals surface area contributed by atoms with Crippen molar-refractivity contribution >= 4 is 57.2 Å². The molecule has 0 aliphatic heterocycles. The van der Waals surface area contributed by atoms with Crippen LogP contribution in [0.1, 0.15) is 0 Å². The molecule has 0 bridgehead atoms. The number of anilines is 4. The second-order valence-corrected chi connectivity index (χ2v) is 8.93. The predicted molar refractivity (Wildman–Crippen MR) is 154 cm³/mol. The zero-order valence-corrected chi connectivity index (χ0v) is 21.6. The zero-order chi connectivity index (χ0) is 24.5. The maximum absolute atomic E-state index is 5.79. The fourth-order valence-electron chi connectivity index (χ4n) is 3.29. The maximum Gasteiger partial charge on any atom is 0.112 e. The third kappa shape index (κ3) is 6.76. The lowest BCUT2D eigenvalue weighted by molar-refractivity contribution is 0.564. The van der Waals surface area contributed by atoms with Gasteiger partial charge >= 0.3 is 0 Å². The predicted octanol–water partition coefficient (Wildman–Crippen LogP) is 6.77. The Morgan fingerprint density at radius 3 is 1.09 bits per heavy atom. The van der Waals surface area contributed by atoms with Gasteiger partial charge in [-0.05, 0) is 60.7 Å². The smallest absolute Gasteiger partial charge is 0.112 e. The molecule has 0 unspecified atom stereocenters. The van der Waals surface area contributed by atoms with E-state index in [1.807, 2.05) is 98.9 Å². The van der Waals surface area contributed by atoms with Gasteiger partial charge in [0.15, 0.2) is 0 Å². The number of benzene rings is 3. The van der Waals surface area contributed by atoms with Gasteiger partial charge in [-0.25, -0.2) is 0 Å². The molecule has 0 radical (unpaired) electrons. The molecule has 0 saturated carbocycles. The van der Waals surface area contributed by atoms with E-state index in [0.717, 1.165) is 22.7 Å². The van der Waals surface area contributed by atoms with E-state index in [2.05, 4.69) is 58.3 Å². The molecule has 174 valence electrons. The van der Waals surface area contributed by atoms with E-state index in [0.29, 0.717) is 9.98 Å². The Kier molecular flexibility index (Phi) is 8.96. The summed E-state index contributed by atoms with van der Waals surface area (Å²) in [7, 11) is 7.91. The normalized spacial score (nSPS) is 10.9. The summed E-state index contributed by atoms with van der Waals surface area (Å²) in [6.07, 6.45) is 7.79. The lowest BCUT2D eigenvalue weighted by Gasteiger charge is -2.27.